The molecule has 4 nitrogen and oxygen atoms in total. The van der Waals surface area contributed by atoms with Crippen LogP contribution in [0, 0.1) is 0 Å². The van der Waals surface area contributed by atoms with E-state index in [9.17, 15) is 4.79 Å². The van der Waals surface area contributed by atoms with Crippen molar-refractivity contribution in [1.82, 2.24) is 0 Å². The topological polar surface area (TPSA) is 59.7 Å². The van der Waals surface area contributed by atoms with E-state index in [1.54, 1.807) is 11.8 Å². The Bertz CT molecular complexity index is 665. The van der Waals surface area contributed by atoms with E-state index in [0.717, 1.165) is 5.75 Å². The fourth-order valence-electron chi connectivity index (χ4n) is 2.18. The molecule has 0 spiro atoms. The number of hydrogen-bond donors (Lipinski definition) is 1. The molecule has 1 aliphatic rings. The van der Waals surface area contributed by atoms with Gasteiger partial charge in [-0.15, -0.1) is 11.8 Å². The van der Waals surface area contributed by atoms with E-state index < -0.39 is 0 Å². The third-order valence-electron chi connectivity index (χ3n) is 3.25. The lowest BCUT2D eigenvalue weighted by atomic mass is 10.0. The van der Waals surface area contributed by atoms with E-state index in [-0.39, 0.29) is 29.5 Å². The predicted octanol–water partition coefficient (Wildman–Crippen LogP) is 2.40. The Hall–Kier alpha value is -1.72. The molecule has 1 unspecified atom stereocenters. The second-order valence-corrected chi connectivity index (χ2v) is 5.65. The zero-order chi connectivity index (χ0) is 13.9. The summed E-state index contributed by atoms with van der Waals surface area (Å²) in [5, 5.41) is 8.89. The first-order valence-corrected chi connectivity index (χ1v) is 7.33. The maximum absolute atomic E-state index is 11.7. The molecular formula is C15H14O4S. The fourth-order valence-corrected chi connectivity index (χ4v) is 3.42. The van der Waals surface area contributed by atoms with Crippen molar-refractivity contribution in [2.75, 3.05) is 12.4 Å². The maximum atomic E-state index is 11.7. The lowest BCUT2D eigenvalue weighted by Gasteiger charge is -2.11. The van der Waals surface area contributed by atoms with Crippen LogP contribution < -0.4 is 10.2 Å². The number of benzene rings is 1. The van der Waals surface area contributed by atoms with Crippen LogP contribution in [0.4, 0.5) is 0 Å². The zero-order valence-corrected chi connectivity index (χ0v) is 11.6. The molecule has 1 aliphatic heterocycles. The molecule has 2 heterocycles. The average Bonchev–Trinajstić information content (AvgIpc) is 2.89. The van der Waals surface area contributed by atoms with Crippen molar-refractivity contribution in [3.05, 3.63) is 58.1 Å². The van der Waals surface area contributed by atoms with Crippen LogP contribution in [0.3, 0.4) is 0 Å². The molecule has 5 heteroatoms. The molecule has 1 atom stereocenters. The van der Waals surface area contributed by atoms with Crippen LogP contribution in [0.2, 0.25) is 0 Å². The molecule has 0 aliphatic carbocycles. The van der Waals surface area contributed by atoms with Crippen molar-refractivity contribution in [3.8, 4) is 5.75 Å². The summed E-state index contributed by atoms with van der Waals surface area (Å²) in [6.07, 6.45) is 1.27. The van der Waals surface area contributed by atoms with E-state index >= 15 is 0 Å². The van der Waals surface area contributed by atoms with Gasteiger partial charge in [0, 0.05) is 22.6 Å². The SMILES string of the molecule is O=c1cc(CO)occ1OCC1CSc2ccccc21. The number of rotatable bonds is 4. The van der Waals surface area contributed by atoms with Crippen LogP contribution in [0.15, 0.2) is 50.7 Å². The van der Waals surface area contributed by atoms with Gasteiger partial charge in [-0.2, -0.15) is 0 Å². The molecule has 2 aromatic rings. The van der Waals surface area contributed by atoms with Gasteiger partial charge in [0.05, 0.1) is 6.61 Å². The summed E-state index contributed by atoms with van der Waals surface area (Å²) in [6.45, 7) is 0.162. The molecule has 104 valence electrons. The van der Waals surface area contributed by atoms with Gasteiger partial charge in [0.2, 0.25) is 11.2 Å². The summed E-state index contributed by atoms with van der Waals surface area (Å²) in [6, 6.07) is 9.50. The van der Waals surface area contributed by atoms with Crippen molar-refractivity contribution < 1.29 is 14.3 Å². The number of fused-ring (bicyclic) bond motifs is 1. The molecule has 1 aromatic heterocycles. The van der Waals surface area contributed by atoms with Gasteiger partial charge in [-0.1, -0.05) is 18.2 Å². The van der Waals surface area contributed by atoms with Crippen LogP contribution in [0.1, 0.15) is 17.2 Å². The molecule has 0 saturated carbocycles. The predicted molar refractivity (Wildman–Crippen MR) is 76.3 cm³/mol. The molecule has 0 amide bonds. The van der Waals surface area contributed by atoms with Crippen molar-refractivity contribution >= 4 is 11.8 Å². The third kappa shape index (κ3) is 2.59. The first-order valence-electron chi connectivity index (χ1n) is 6.35. The summed E-state index contributed by atoms with van der Waals surface area (Å²) >= 11 is 1.81. The van der Waals surface area contributed by atoms with E-state index in [2.05, 4.69) is 12.1 Å². The molecule has 1 N–H and O–H groups in total. The molecule has 1 aromatic carbocycles. The Balaban J connectivity index is 1.71. The van der Waals surface area contributed by atoms with Gasteiger partial charge in [-0.25, -0.2) is 0 Å². The lowest BCUT2D eigenvalue weighted by molar-refractivity contribution is 0.235. The van der Waals surface area contributed by atoms with Gasteiger partial charge in [-0.3, -0.25) is 4.79 Å². The van der Waals surface area contributed by atoms with Gasteiger partial charge in [0.15, 0.2) is 0 Å². The van der Waals surface area contributed by atoms with Gasteiger partial charge in [-0.05, 0) is 11.6 Å². The first kappa shape index (κ1) is 13.3. The molecule has 0 saturated heterocycles. The Labute approximate surface area is 120 Å². The van der Waals surface area contributed by atoms with Crippen LogP contribution in [-0.4, -0.2) is 17.5 Å². The Morgan fingerprint density at radius 2 is 2.25 bits per heavy atom. The smallest absolute Gasteiger partial charge is 0.227 e. The van der Waals surface area contributed by atoms with Crippen LogP contribution in [0.25, 0.3) is 0 Å². The van der Waals surface area contributed by atoms with Gasteiger partial charge >= 0.3 is 0 Å². The highest BCUT2D eigenvalue weighted by molar-refractivity contribution is 7.99. The van der Waals surface area contributed by atoms with Gasteiger partial charge in [0.1, 0.15) is 18.6 Å². The minimum Gasteiger partial charge on any atom is -0.486 e. The average molecular weight is 290 g/mol. The lowest BCUT2D eigenvalue weighted by Crippen LogP contribution is -2.14. The summed E-state index contributed by atoms with van der Waals surface area (Å²) < 4.78 is 10.7. The molecule has 20 heavy (non-hydrogen) atoms. The summed E-state index contributed by atoms with van der Waals surface area (Å²) in [5.41, 5.74) is 1.01. The van der Waals surface area contributed by atoms with Crippen LogP contribution in [0.5, 0.6) is 5.75 Å². The molecule has 0 bridgehead atoms. The minimum absolute atomic E-state index is 0.191. The minimum atomic E-state index is -0.290. The van der Waals surface area contributed by atoms with E-state index in [0.29, 0.717) is 6.61 Å². The molecule has 0 fully saturated rings. The van der Waals surface area contributed by atoms with E-state index in [4.69, 9.17) is 14.3 Å². The van der Waals surface area contributed by atoms with Crippen LogP contribution in [-0.2, 0) is 6.61 Å². The number of aliphatic hydroxyl groups excluding tert-OH is 1. The molecular weight excluding hydrogens is 276 g/mol. The number of aliphatic hydroxyl groups is 1. The Kier molecular flexibility index (Phi) is 3.80. The second-order valence-electron chi connectivity index (χ2n) is 4.59. The molecule has 3 rings (SSSR count). The Morgan fingerprint density at radius 1 is 1.40 bits per heavy atom. The highest BCUT2D eigenvalue weighted by Crippen LogP contribution is 2.39. The highest BCUT2D eigenvalue weighted by Gasteiger charge is 2.23. The highest BCUT2D eigenvalue weighted by atomic mass is 32.2. The van der Waals surface area contributed by atoms with Gasteiger partial charge < -0.3 is 14.3 Å². The molecule has 0 radical (unpaired) electrons. The quantitative estimate of drug-likeness (QED) is 0.937. The first-order chi connectivity index (χ1) is 9.78. The van der Waals surface area contributed by atoms with Crippen molar-refractivity contribution in [2.45, 2.75) is 17.4 Å². The summed E-state index contributed by atoms with van der Waals surface area (Å²) in [4.78, 5) is 13.0. The van der Waals surface area contributed by atoms with Gasteiger partial charge in [0.25, 0.3) is 0 Å². The number of ether oxygens (including phenoxy) is 1. The standard InChI is InChI=1S/C15H14O4S/c16-6-11-5-13(17)14(8-18-11)19-7-10-9-20-15-4-2-1-3-12(10)15/h1-5,8,10,16H,6-7,9H2. The van der Waals surface area contributed by atoms with Crippen molar-refractivity contribution in [2.24, 2.45) is 0 Å². The van der Waals surface area contributed by atoms with Crippen LogP contribution >= 0.6 is 11.8 Å². The second kappa shape index (κ2) is 5.73. The van der Waals surface area contributed by atoms with Crippen molar-refractivity contribution in [3.63, 3.8) is 0 Å². The normalized spacial score (nSPS) is 16.9. The van der Waals surface area contributed by atoms with E-state index in [1.165, 1.54) is 22.8 Å². The maximum Gasteiger partial charge on any atom is 0.227 e. The number of thioether (sulfide) groups is 1. The zero-order valence-electron chi connectivity index (χ0n) is 10.7. The summed E-state index contributed by atoms with van der Waals surface area (Å²) in [5.74, 6) is 1.67. The fraction of sp³-hybridized carbons (Fsp3) is 0.267. The van der Waals surface area contributed by atoms with E-state index in [1.807, 2.05) is 12.1 Å². The third-order valence-corrected chi connectivity index (χ3v) is 4.50. The Morgan fingerprint density at radius 3 is 3.05 bits per heavy atom. The monoisotopic (exact) mass is 290 g/mol. The van der Waals surface area contributed by atoms with Crippen molar-refractivity contribution in [1.29, 1.82) is 0 Å². The summed E-state index contributed by atoms with van der Waals surface area (Å²) in [7, 11) is 0. The largest absolute Gasteiger partial charge is 0.486 e. The number of hydrogen-bond acceptors (Lipinski definition) is 5.